The largest absolute Gasteiger partial charge is 0.457 e. The highest BCUT2D eigenvalue weighted by atomic mass is 16.5. The molecule has 2 aromatic rings. The maximum atomic E-state index is 12.5. The number of benzene rings is 2. The van der Waals surface area contributed by atoms with E-state index in [1.54, 1.807) is 48.5 Å². The van der Waals surface area contributed by atoms with E-state index in [0.717, 1.165) is 19.6 Å². The molecule has 2 aromatic carbocycles. The molecule has 3 fully saturated rings. The lowest BCUT2D eigenvalue weighted by molar-refractivity contribution is 0.0620. The molecule has 3 N–H and O–H groups in total. The van der Waals surface area contributed by atoms with Crippen molar-refractivity contribution in [1.82, 2.24) is 10.2 Å². The highest BCUT2D eigenvalue weighted by Gasteiger charge is 2.34. The molecule has 0 aromatic heterocycles. The van der Waals surface area contributed by atoms with Crippen molar-refractivity contribution in [1.29, 1.82) is 0 Å². The third kappa shape index (κ3) is 3.95. The Balaban J connectivity index is 1.36. The number of primary amides is 1. The Morgan fingerprint density at radius 2 is 1.48 bits per heavy atom. The average molecular weight is 365 g/mol. The van der Waals surface area contributed by atoms with Gasteiger partial charge in [0.2, 0.25) is 5.91 Å². The molecule has 0 unspecified atom stereocenters. The highest BCUT2D eigenvalue weighted by molar-refractivity contribution is 5.94. The molecule has 2 bridgehead atoms. The van der Waals surface area contributed by atoms with Gasteiger partial charge >= 0.3 is 0 Å². The molecule has 3 heterocycles. The van der Waals surface area contributed by atoms with Crippen LogP contribution in [0.1, 0.15) is 33.6 Å². The molecular weight excluding hydrogens is 342 g/mol. The number of piperidine rings is 3. The van der Waals surface area contributed by atoms with E-state index < -0.39 is 5.91 Å². The number of rotatable bonds is 5. The summed E-state index contributed by atoms with van der Waals surface area (Å²) in [6.45, 7) is 3.27. The molecule has 6 nitrogen and oxygen atoms in total. The summed E-state index contributed by atoms with van der Waals surface area (Å²) in [4.78, 5) is 26.1. The molecule has 1 atom stereocenters. The molecule has 2 amide bonds. The molecule has 0 radical (unpaired) electrons. The quantitative estimate of drug-likeness (QED) is 0.852. The zero-order valence-corrected chi connectivity index (χ0v) is 15.1. The number of nitrogens with zero attached hydrogens (tertiary/aromatic N) is 1. The SMILES string of the molecule is NC(=O)c1ccc(Oc2ccc(C(=O)N[C@H]3CN4CCC3CC4)cc2)cc1. The maximum Gasteiger partial charge on any atom is 0.251 e. The van der Waals surface area contributed by atoms with Crippen LogP contribution in [-0.2, 0) is 0 Å². The van der Waals surface area contributed by atoms with Crippen molar-refractivity contribution in [2.24, 2.45) is 11.7 Å². The maximum absolute atomic E-state index is 12.5. The first kappa shape index (κ1) is 17.5. The van der Waals surface area contributed by atoms with Crippen molar-refractivity contribution in [2.75, 3.05) is 19.6 Å². The predicted octanol–water partition coefficient (Wildman–Crippen LogP) is 2.40. The Morgan fingerprint density at radius 1 is 0.926 bits per heavy atom. The Bertz CT molecular complexity index is 825. The molecule has 3 aliphatic rings. The number of fused-ring (bicyclic) bond motifs is 3. The molecular formula is C21H23N3O3. The first-order chi connectivity index (χ1) is 13.1. The van der Waals surface area contributed by atoms with E-state index in [9.17, 15) is 9.59 Å². The molecule has 0 spiro atoms. The van der Waals surface area contributed by atoms with Gasteiger partial charge in [-0.25, -0.2) is 0 Å². The Labute approximate surface area is 158 Å². The molecule has 5 rings (SSSR count). The van der Waals surface area contributed by atoms with E-state index in [-0.39, 0.29) is 11.9 Å². The summed E-state index contributed by atoms with van der Waals surface area (Å²) in [5, 5.41) is 3.19. The second-order valence-corrected chi connectivity index (χ2v) is 7.23. The van der Waals surface area contributed by atoms with E-state index in [0.29, 0.717) is 28.5 Å². The average Bonchev–Trinajstić information content (AvgIpc) is 2.70. The van der Waals surface area contributed by atoms with Crippen LogP contribution >= 0.6 is 0 Å². The van der Waals surface area contributed by atoms with Gasteiger partial charge in [-0.1, -0.05) is 0 Å². The Morgan fingerprint density at radius 3 is 1.96 bits per heavy atom. The monoisotopic (exact) mass is 365 g/mol. The lowest BCUT2D eigenvalue weighted by Crippen LogP contribution is -2.57. The summed E-state index contributed by atoms with van der Waals surface area (Å²) in [6.07, 6.45) is 2.35. The molecule has 27 heavy (non-hydrogen) atoms. The molecule has 3 aliphatic heterocycles. The van der Waals surface area contributed by atoms with Crippen molar-refractivity contribution in [3.63, 3.8) is 0 Å². The molecule has 3 saturated heterocycles. The van der Waals surface area contributed by atoms with Crippen LogP contribution in [0, 0.1) is 5.92 Å². The number of hydrogen-bond acceptors (Lipinski definition) is 4. The fourth-order valence-electron chi connectivity index (χ4n) is 3.88. The summed E-state index contributed by atoms with van der Waals surface area (Å²) in [6, 6.07) is 13.9. The zero-order valence-electron chi connectivity index (χ0n) is 15.1. The Hall–Kier alpha value is -2.86. The van der Waals surface area contributed by atoms with E-state index in [4.69, 9.17) is 10.5 Å². The number of nitrogens with two attached hydrogens (primary N) is 1. The van der Waals surface area contributed by atoms with Crippen LogP contribution in [0.5, 0.6) is 11.5 Å². The lowest BCUT2D eigenvalue weighted by atomic mass is 9.84. The van der Waals surface area contributed by atoms with Crippen LogP contribution < -0.4 is 15.8 Å². The minimum Gasteiger partial charge on any atom is -0.457 e. The number of carbonyl (C=O) groups is 2. The van der Waals surface area contributed by atoms with Gasteiger partial charge in [0.25, 0.3) is 5.91 Å². The van der Waals surface area contributed by atoms with Crippen molar-refractivity contribution in [3.05, 3.63) is 59.7 Å². The highest BCUT2D eigenvalue weighted by Crippen LogP contribution is 2.28. The second kappa shape index (κ2) is 7.40. The van der Waals surface area contributed by atoms with Gasteiger partial charge in [0, 0.05) is 23.7 Å². The first-order valence-electron chi connectivity index (χ1n) is 9.29. The molecule has 0 aliphatic carbocycles. The van der Waals surface area contributed by atoms with Crippen molar-refractivity contribution in [2.45, 2.75) is 18.9 Å². The van der Waals surface area contributed by atoms with Gasteiger partial charge < -0.3 is 20.7 Å². The standard InChI is InChI=1S/C21H23N3O3/c22-20(25)15-1-5-17(6-2-15)27-18-7-3-16(4-8-18)21(26)23-19-13-24-11-9-14(19)10-12-24/h1-8,14,19H,9-13H2,(H2,22,25)(H,23,26)/t19-/m0/s1. The van der Waals surface area contributed by atoms with E-state index in [1.807, 2.05) is 0 Å². The summed E-state index contributed by atoms with van der Waals surface area (Å²) < 4.78 is 5.75. The lowest BCUT2D eigenvalue weighted by Gasteiger charge is -2.44. The van der Waals surface area contributed by atoms with Crippen molar-refractivity contribution >= 4 is 11.8 Å². The van der Waals surface area contributed by atoms with Crippen LogP contribution in [0.15, 0.2) is 48.5 Å². The number of amides is 2. The topological polar surface area (TPSA) is 84.7 Å². The van der Waals surface area contributed by atoms with Crippen LogP contribution in [-0.4, -0.2) is 42.4 Å². The van der Waals surface area contributed by atoms with Crippen LogP contribution in [0.3, 0.4) is 0 Å². The summed E-state index contributed by atoms with van der Waals surface area (Å²) >= 11 is 0. The Kier molecular flexibility index (Phi) is 4.81. The van der Waals surface area contributed by atoms with E-state index in [2.05, 4.69) is 10.2 Å². The zero-order chi connectivity index (χ0) is 18.8. The molecule has 6 heteroatoms. The summed E-state index contributed by atoms with van der Waals surface area (Å²) in [7, 11) is 0. The van der Waals surface area contributed by atoms with Gasteiger partial charge in [0.05, 0.1) is 0 Å². The minimum absolute atomic E-state index is 0.0360. The number of carbonyl (C=O) groups excluding carboxylic acids is 2. The van der Waals surface area contributed by atoms with Gasteiger partial charge in [-0.2, -0.15) is 0 Å². The number of nitrogens with one attached hydrogen (secondary N) is 1. The summed E-state index contributed by atoms with van der Waals surface area (Å²) in [5.41, 5.74) is 6.29. The normalized spacial score (nSPS) is 23.6. The number of hydrogen-bond donors (Lipinski definition) is 2. The van der Waals surface area contributed by atoms with Crippen molar-refractivity contribution in [3.8, 4) is 11.5 Å². The van der Waals surface area contributed by atoms with Gasteiger partial charge in [0.15, 0.2) is 0 Å². The van der Waals surface area contributed by atoms with Gasteiger partial charge in [0.1, 0.15) is 11.5 Å². The fraction of sp³-hybridized carbons (Fsp3) is 0.333. The summed E-state index contributed by atoms with van der Waals surface area (Å²) in [5.74, 6) is 1.32. The predicted molar refractivity (Wildman–Crippen MR) is 102 cm³/mol. The minimum atomic E-state index is -0.472. The van der Waals surface area contributed by atoms with Gasteiger partial charge in [-0.3, -0.25) is 9.59 Å². The first-order valence-corrected chi connectivity index (χ1v) is 9.29. The molecule has 0 saturated carbocycles. The van der Waals surface area contributed by atoms with Crippen molar-refractivity contribution < 1.29 is 14.3 Å². The third-order valence-corrected chi connectivity index (χ3v) is 5.46. The number of ether oxygens (including phenoxy) is 1. The fourth-order valence-corrected chi connectivity index (χ4v) is 3.88. The van der Waals surface area contributed by atoms with E-state index in [1.165, 1.54) is 12.8 Å². The molecule has 140 valence electrons. The van der Waals surface area contributed by atoms with Crippen LogP contribution in [0.25, 0.3) is 0 Å². The van der Waals surface area contributed by atoms with Gasteiger partial charge in [-0.05, 0) is 80.4 Å². The van der Waals surface area contributed by atoms with E-state index >= 15 is 0 Å². The van der Waals surface area contributed by atoms with Gasteiger partial charge in [-0.15, -0.1) is 0 Å². The second-order valence-electron chi connectivity index (χ2n) is 7.23. The van der Waals surface area contributed by atoms with Crippen LogP contribution in [0.4, 0.5) is 0 Å². The third-order valence-electron chi connectivity index (χ3n) is 5.46. The smallest absolute Gasteiger partial charge is 0.251 e. The van der Waals surface area contributed by atoms with Crippen LogP contribution in [0.2, 0.25) is 0 Å².